The molecule has 0 atom stereocenters. The number of carbonyl (C=O) groups excluding carboxylic acids is 1. The van der Waals surface area contributed by atoms with Crippen LogP contribution in [-0.2, 0) is 29.0 Å². The van der Waals surface area contributed by atoms with Gasteiger partial charge in [0, 0.05) is 12.2 Å². The average Bonchev–Trinajstić information content (AvgIpc) is 2.95. The quantitative estimate of drug-likeness (QED) is 0.175. The van der Waals surface area contributed by atoms with E-state index in [1.165, 1.54) is 38.9 Å². The molecule has 194 valence electrons. The van der Waals surface area contributed by atoms with E-state index in [-0.39, 0.29) is 13.2 Å². The SMILES string of the molecule is C=C(C)C(=O)OCc1cc(-c2ccc(-c3ccc(-c4ccccc4)cc3C)cc2CC)ccc1CCCO. The summed E-state index contributed by atoms with van der Waals surface area (Å²) in [4.78, 5) is 12.0. The van der Waals surface area contributed by atoms with Crippen LogP contribution in [0, 0.1) is 6.92 Å². The molecule has 0 aliphatic heterocycles. The molecule has 1 N–H and O–H groups in total. The molecular weight excluding hydrogens is 468 g/mol. The zero-order valence-electron chi connectivity index (χ0n) is 22.6. The highest BCUT2D eigenvalue weighted by Crippen LogP contribution is 2.34. The minimum Gasteiger partial charge on any atom is -0.457 e. The second-order valence-electron chi connectivity index (χ2n) is 9.79. The Kier molecular flexibility index (Phi) is 8.93. The third-order valence-electron chi connectivity index (χ3n) is 6.96. The molecule has 0 saturated heterocycles. The highest BCUT2D eigenvalue weighted by molar-refractivity contribution is 5.87. The fourth-order valence-electron chi connectivity index (χ4n) is 4.84. The van der Waals surface area contributed by atoms with E-state index in [0.717, 1.165) is 29.5 Å². The molecule has 38 heavy (non-hydrogen) atoms. The van der Waals surface area contributed by atoms with Crippen LogP contribution in [0.25, 0.3) is 33.4 Å². The Bertz CT molecular complexity index is 1430. The molecule has 0 aliphatic rings. The van der Waals surface area contributed by atoms with Crippen LogP contribution < -0.4 is 0 Å². The molecule has 3 nitrogen and oxygen atoms in total. The molecule has 0 saturated carbocycles. The standard InChI is InChI=1S/C35H36O3/c1-5-26-21-30(33-17-15-29(20-25(33)4)27-10-7-6-8-11-27)16-18-34(26)31-14-13-28(12-9-19-36)32(22-31)23-38-35(37)24(2)3/h6-8,10-11,13-18,20-22,36H,2,5,9,12,19,23H2,1,3-4H3. The second-order valence-corrected chi connectivity index (χ2v) is 9.79. The van der Waals surface area contributed by atoms with Gasteiger partial charge in [-0.05, 0) is 94.8 Å². The van der Waals surface area contributed by atoms with Gasteiger partial charge in [0.25, 0.3) is 0 Å². The van der Waals surface area contributed by atoms with Crippen molar-refractivity contribution in [3.63, 3.8) is 0 Å². The summed E-state index contributed by atoms with van der Waals surface area (Å²) < 4.78 is 5.49. The third kappa shape index (κ3) is 6.30. The van der Waals surface area contributed by atoms with Gasteiger partial charge in [-0.2, -0.15) is 0 Å². The van der Waals surface area contributed by atoms with E-state index >= 15 is 0 Å². The predicted octanol–water partition coefficient (Wildman–Crippen LogP) is 8.10. The summed E-state index contributed by atoms with van der Waals surface area (Å²) in [7, 11) is 0. The van der Waals surface area contributed by atoms with Crippen LogP contribution in [0.15, 0.2) is 97.1 Å². The lowest BCUT2D eigenvalue weighted by molar-refractivity contribution is -0.140. The minimum absolute atomic E-state index is 0.125. The number of aliphatic hydroxyl groups excluding tert-OH is 1. The minimum atomic E-state index is -0.393. The van der Waals surface area contributed by atoms with Gasteiger partial charge in [0.1, 0.15) is 6.61 Å². The third-order valence-corrected chi connectivity index (χ3v) is 6.96. The van der Waals surface area contributed by atoms with Crippen LogP contribution in [-0.4, -0.2) is 17.7 Å². The molecule has 0 fully saturated rings. The summed E-state index contributed by atoms with van der Waals surface area (Å²) >= 11 is 0. The first-order valence-electron chi connectivity index (χ1n) is 13.3. The van der Waals surface area contributed by atoms with Crippen molar-refractivity contribution >= 4 is 5.97 Å². The molecule has 0 unspecified atom stereocenters. The van der Waals surface area contributed by atoms with E-state index in [2.05, 4.69) is 99.3 Å². The molecule has 4 aromatic rings. The van der Waals surface area contributed by atoms with Gasteiger partial charge < -0.3 is 9.84 Å². The Balaban J connectivity index is 1.66. The van der Waals surface area contributed by atoms with Crippen LogP contribution in [0.3, 0.4) is 0 Å². The van der Waals surface area contributed by atoms with Crippen molar-refractivity contribution in [1.29, 1.82) is 0 Å². The lowest BCUT2D eigenvalue weighted by atomic mass is 9.90. The lowest BCUT2D eigenvalue weighted by Crippen LogP contribution is -2.07. The summed E-state index contributed by atoms with van der Waals surface area (Å²) in [6.45, 7) is 9.99. The summed E-state index contributed by atoms with van der Waals surface area (Å²) in [6, 6.07) is 30.2. The Morgan fingerprint density at radius 2 is 1.45 bits per heavy atom. The molecule has 4 aromatic carbocycles. The van der Waals surface area contributed by atoms with Crippen molar-refractivity contribution in [2.45, 2.75) is 46.6 Å². The molecule has 0 bridgehead atoms. The Labute approximate surface area is 226 Å². The molecule has 0 radical (unpaired) electrons. The molecule has 0 spiro atoms. The first kappa shape index (κ1) is 27.1. The molecule has 0 aromatic heterocycles. The van der Waals surface area contributed by atoms with Crippen molar-refractivity contribution in [3.05, 3.63) is 119 Å². The largest absolute Gasteiger partial charge is 0.457 e. The molecule has 3 heteroatoms. The Morgan fingerprint density at radius 1 is 0.789 bits per heavy atom. The van der Waals surface area contributed by atoms with Gasteiger partial charge in [0.05, 0.1) is 0 Å². The van der Waals surface area contributed by atoms with Gasteiger partial charge in [-0.3, -0.25) is 0 Å². The molecule has 0 heterocycles. The number of hydrogen-bond donors (Lipinski definition) is 1. The molecule has 4 rings (SSSR count). The van der Waals surface area contributed by atoms with Gasteiger partial charge in [0.2, 0.25) is 0 Å². The van der Waals surface area contributed by atoms with E-state index in [9.17, 15) is 9.90 Å². The maximum Gasteiger partial charge on any atom is 0.333 e. The zero-order chi connectivity index (χ0) is 27.1. The van der Waals surface area contributed by atoms with Crippen molar-refractivity contribution in [3.8, 4) is 33.4 Å². The number of ether oxygens (including phenoxy) is 1. The number of hydrogen-bond acceptors (Lipinski definition) is 3. The van der Waals surface area contributed by atoms with E-state index in [1.54, 1.807) is 6.92 Å². The van der Waals surface area contributed by atoms with Crippen LogP contribution in [0.2, 0.25) is 0 Å². The highest BCUT2D eigenvalue weighted by Gasteiger charge is 2.13. The number of carbonyl (C=O) groups is 1. The summed E-state index contributed by atoms with van der Waals surface area (Å²) in [5.74, 6) is -0.393. The Morgan fingerprint density at radius 3 is 2.13 bits per heavy atom. The van der Waals surface area contributed by atoms with Gasteiger partial charge in [-0.15, -0.1) is 0 Å². The molecule has 0 aliphatic carbocycles. The van der Waals surface area contributed by atoms with Crippen LogP contribution in [0.1, 0.15) is 42.5 Å². The number of rotatable bonds is 10. The maximum atomic E-state index is 12.0. The highest BCUT2D eigenvalue weighted by atomic mass is 16.5. The predicted molar refractivity (Wildman–Crippen MR) is 157 cm³/mol. The lowest BCUT2D eigenvalue weighted by Gasteiger charge is -2.16. The maximum absolute atomic E-state index is 12.0. The number of aliphatic hydroxyl groups is 1. The van der Waals surface area contributed by atoms with Crippen molar-refractivity contribution in [2.75, 3.05) is 6.61 Å². The average molecular weight is 505 g/mol. The van der Waals surface area contributed by atoms with E-state index in [0.29, 0.717) is 12.0 Å². The topological polar surface area (TPSA) is 46.5 Å². The van der Waals surface area contributed by atoms with Crippen molar-refractivity contribution < 1.29 is 14.6 Å². The normalized spacial score (nSPS) is 10.8. The van der Waals surface area contributed by atoms with Gasteiger partial charge >= 0.3 is 5.97 Å². The van der Waals surface area contributed by atoms with Gasteiger partial charge in [-0.25, -0.2) is 4.79 Å². The number of benzene rings is 4. The number of esters is 1. The van der Waals surface area contributed by atoms with Crippen molar-refractivity contribution in [2.24, 2.45) is 0 Å². The fraction of sp³-hybridized carbons (Fsp3) is 0.229. The first-order valence-corrected chi connectivity index (χ1v) is 13.3. The van der Waals surface area contributed by atoms with Crippen LogP contribution in [0.4, 0.5) is 0 Å². The van der Waals surface area contributed by atoms with Crippen LogP contribution >= 0.6 is 0 Å². The number of aryl methyl sites for hydroxylation is 3. The molecule has 0 amide bonds. The van der Waals surface area contributed by atoms with E-state index in [1.807, 2.05) is 6.07 Å². The van der Waals surface area contributed by atoms with E-state index in [4.69, 9.17) is 4.74 Å². The smallest absolute Gasteiger partial charge is 0.333 e. The first-order chi connectivity index (χ1) is 18.4. The summed E-state index contributed by atoms with van der Waals surface area (Å²) in [5, 5.41) is 9.33. The summed E-state index contributed by atoms with van der Waals surface area (Å²) in [6.07, 6.45) is 2.29. The van der Waals surface area contributed by atoms with E-state index < -0.39 is 5.97 Å². The van der Waals surface area contributed by atoms with Gasteiger partial charge in [0.15, 0.2) is 0 Å². The monoisotopic (exact) mass is 504 g/mol. The van der Waals surface area contributed by atoms with Gasteiger partial charge in [-0.1, -0.05) is 92.4 Å². The Hall–Kier alpha value is -3.95. The second kappa shape index (κ2) is 12.5. The summed E-state index contributed by atoms with van der Waals surface area (Å²) in [5.41, 5.74) is 12.1. The zero-order valence-corrected chi connectivity index (χ0v) is 22.6. The van der Waals surface area contributed by atoms with Crippen molar-refractivity contribution in [1.82, 2.24) is 0 Å². The fourth-order valence-corrected chi connectivity index (χ4v) is 4.84. The van der Waals surface area contributed by atoms with Crippen LogP contribution in [0.5, 0.6) is 0 Å². The molecular formula is C35H36O3.